The summed E-state index contributed by atoms with van der Waals surface area (Å²) in [6.07, 6.45) is 10.3. The van der Waals surface area contributed by atoms with Gasteiger partial charge in [-0.3, -0.25) is 19.3 Å². The van der Waals surface area contributed by atoms with Crippen molar-refractivity contribution in [3.05, 3.63) is 11.6 Å². The van der Waals surface area contributed by atoms with Crippen molar-refractivity contribution < 1.29 is 14.4 Å². The van der Waals surface area contributed by atoms with Gasteiger partial charge in [-0.2, -0.15) is 0 Å². The standard InChI is InChI=1S/C29H54N4O3/c1-9-11-12-14-19-32(18-10-2)28(35)24(7)17-21-31(8)29(36)26(22(3)4)30-27(34)25-16-13-15-20-33(25)23(5)6/h17,22-23,25-26H,9-16,18-21H2,1-8H3,(H,30,34)/b24-17+. The second-order valence-electron chi connectivity index (χ2n) is 11.0. The molecule has 1 aliphatic rings. The molecule has 0 radical (unpaired) electrons. The molecule has 0 bridgehead atoms. The van der Waals surface area contributed by atoms with Crippen molar-refractivity contribution in [1.82, 2.24) is 20.0 Å². The van der Waals surface area contributed by atoms with Gasteiger partial charge in [0.25, 0.3) is 0 Å². The fraction of sp³-hybridized carbons (Fsp3) is 0.828. The molecule has 1 saturated heterocycles. The van der Waals surface area contributed by atoms with E-state index >= 15 is 0 Å². The molecule has 208 valence electrons. The van der Waals surface area contributed by atoms with Crippen molar-refractivity contribution in [1.29, 1.82) is 0 Å². The Hall–Kier alpha value is -1.89. The quantitative estimate of drug-likeness (QED) is 0.260. The number of hydrogen-bond acceptors (Lipinski definition) is 4. The molecule has 36 heavy (non-hydrogen) atoms. The van der Waals surface area contributed by atoms with Crippen LogP contribution in [-0.4, -0.2) is 83.8 Å². The van der Waals surface area contributed by atoms with Gasteiger partial charge in [-0.25, -0.2) is 0 Å². The predicted molar refractivity (Wildman–Crippen MR) is 149 cm³/mol. The van der Waals surface area contributed by atoms with Gasteiger partial charge in [0.05, 0.1) is 6.04 Å². The predicted octanol–water partition coefficient (Wildman–Crippen LogP) is 4.61. The van der Waals surface area contributed by atoms with Crippen LogP contribution in [0.2, 0.25) is 0 Å². The maximum Gasteiger partial charge on any atom is 0.249 e. The molecule has 0 saturated carbocycles. The van der Waals surface area contributed by atoms with Gasteiger partial charge in [-0.05, 0) is 58.9 Å². The molecular formula is C29H54N4O3. The van der Waals surface area contributed by atoms with E-state index in [1.165, 1.54) is 12.8 Å². The number of hydrogen-bond donors (Lipinski definition) is 1. The third-order valence-corrected chi connectivity index (χ3v) is 7.19. The van der Waals surface area contributed by atoms with Crippen molar-refractivity contribution in [2.24, 2.45) is 5.92 Å². The maximum atomic E-state index is 13.3. The molecule has 1 fully saturated rings. The first-order valence-electron chi connectivity index (χ1n) is 14.3. The zero-order valence-corrected chi connectivity index (χ0v) is 24.4. The van der Waals surface area contributed by atoms with E-state index in [9.17, 15) is 14.4 Å². The number of carbonyl (C=O) groups excluding carboxylic acids is 3. The van der Waals surface area contributed by atoms with Crippen molar-refractivity contribution in [2.75, 3.05) is 33.2 Å². The van der Waals surface area contributed by atoms with Crippen molar-refractivity contribution in [2.45, 2.75) is 118 Å². The summed E-state index contributed by atoms with van der Waals surface area (Å²) in [5.41, 5.74) is 0.665. The van der Waals surface area contributed by atoms with Crippen molar-refractivity contribution >= 4 is 17.7 Å². The third kappa shape index (κ3) is 10.2. The number of nitrogens with one attached hydrogen (secondary N) is 1. The summed E-state index contributed by atoms with van der Waals surface area (Å²) in [7, 11) is 1.74. The van der Waals surface area contributed by atoms with E-state index in [-0.39, 0.29) is 29.7 Å². The molecule has 0 aromatic carbocycles. The molecule has 0 aliphatic carbocycles. The van der Waals surface area contributed by atoms with Crippen LogP contribution < -0.4 is 5.32 Å². The fourth-order valence-electron chi connectivity index (χ4n) is 4.87. The summed E-state index contributed by atoms with van der Waals surface area (Å²) in [5.74, 6) is -0.153. The third-order valence-electron chi connectivity index (χ3n) is 7.19. The summed E-state index contributed by atoms with van der Waals surface area (Å²) >= 11 is 0. The molecule has 0 aromatic rings. The summed E-state index contributed by atoms with van der Waals surface area (Å²) in [6, 6.07) is -0.473. The van der Waals surface area contributed by atoms with Crippen LogP contribution in [0.1, 0.15) is 99.8 Å². The summed E-state index contributed by atoms with van der Waals surface area (Å²) in [4.78, 5) is 45.3. The van der Waals surface area contributed by atoms with Crippen LogP contribution in [0.5, 0.6) is 0 Å². The Morgan fingerprint density at radius 1 is 1.00 bits per heavy atom. The number of likely N-dealkylation sites (N-methyl/N-ethyl adjacent to an activating group) is 1. The summed E-state index contributed by atoms with van der Waals surface area (Å²) < 4.78 is 0. The zero-order chi connectivity index (χ0) is 27.3. The van der Waals surface area contributed by atoms with Crippen LogP contribution in [0.3, 0.4) is 0 Å². The first-order valence-corrected chi connectivity index (χ1v) is 14.3. The molecule has 3 amide bonds. The number of likely N-dealkylation sites (tertiary alicyclic amines) is 1. The highest BCUT2D eigenvalue weighted by Crippen LogP contribution is 2.20. The lowest BCUT2D eigenvalue weighted by Crippen LogP contribution is -2.57. The van der Waals surface area contributed by atoms with Gasteiger partial charge in [-0.1, -0.05) is 59.5 Å². The lowest BCUT2D eigenvalue weighted by atomic mass is 9.97. The fourth-order valence-corrected chi connectivity index (χ4v) is 4.87. The number of piperidine rings is 1. The topological polar surface area (TPSA) is 73.0 Å². The number of carbonyl (C=O) groups is 3. The van der Waals surface area contributed by atoms with Crippen molar-refractivity contribution in [3.8, 4) is 0 Å². The second-order valence-corrected chi connectivity index (χ2v) is 11.0. The summed E-state index contributed by atoms with van der Waals surface area (Å²) in [6.45, 7) is 17.1. The van der Waals surface area contributed by atoms with Crippen molar-refractivity contribution in [3.63, 3.8) is 0 Å². The highest BCUT2D eigenvalue weighted by molar-refractivity contribution is 5.93. The van der Waals surface area contributed by atoms with Crippen LogP contribution >= 0.6 is 0 Å². The number of amides is 3. The molecule has 1 heterocycles. The Morgan fingerprint density at radius 2 is 1.69 bits per heavy atom. The Balaban J connectivity index is 2.79. The largest absolute Gasteiger partial charge is 0.343 e. The Bertz CT molecular complexity index is 719. The van der Waals surface area contributed by atoms with Gasteiger partial charge in [0.1, 0.15) is 6.04 Å². The average Bonchev–Trinajstić information content (AvgIpc) is 2.86. The molecule has 2 unspecified atom stereocenters. The van der Waals surface area contributed by atoms with Gasteiger partial charge in [0.15, 0.2) is 0 Å². The summed E-state index contributed by atoms with van der Waals surface area (Å²) in [5, 5.41) is 3.06. The van der Waals surface area contributed by atoms with E-state index in [2.05, 4.69) is 37.9 Å². The van der Waals surface area contributed by atoms with Gasteiger partial charge in [-0.15, -0.1) is 0 Å². The minimum atomic E-state index is -0.585. The van der Waals surface area contributed by atoms with Crippen LogP contribution in [-0.2, 0) is 14.4 Å². The van der Waals surface area contributed by atoms with Gasteiger partial charge >= 0.3 is 0 Å². The smallest absolute Gasteiger partial charge is 0.249 e. The van der Waals surface area contributed by atoms with Crippen LogP contribution in [0.15, 0.2) is 11.6 Å². The lowest BCUT2D eigenvalue weighted by Gasteiger charge is -2.38. The molecule has 2 atom stereocenters. The van der Waals surface area contributed by atoms with Crippen LogP contribution in [0.25, 0.3) is 0 Å². The Kier molecular flexibility index (Phi) is 15.0. The van der Waals surface area contributed by atoms with E-state index in [1.54, 1.807) is 11.9 Å². The molecule has 1 rings (SSSR count). The van der Waals surface area contributed by atoms with Gasteiger partial charge < -0.3 is 15.1 Å². The van der Waals surface area contributed by atoms with Crippen LogP contribution in [0.4, 0.5) is 0 Å². The van der Waals surface area contributed by atoms with Gasteiger partial charge in [0, 0.05) is 38.3 Å². The number of unbranched alkanes of at least 4 members (excludes halogenated alkanes) is 3. The molecule has 0 spiro atoms. The van der Waals surface area contributed by atoms with E-state index in [0.29, 0.717) is 18.2 Å². The highest BCUT2D eigenvalue weighted by Gasteiger charge is 2.34. The lowest BCUT2D eigenvalue weighted by molar-refractivity contribution is -0.138. The van der Waals surface area contributed by atoms with E-state index < -0.39 is 6.04 Å². The Morgan fingerprint density at radius 3 is 2.28 bits per heavy atom. The minimum absolute atomic E-state index is 0.0325. The molecule has 0 aromatic heterocycles. The number of rotatable bonds is 15. The maximum absolute atomic E-state index is 13.3. The second kappa shape index (κ2) is 16.8. The van der Waals surface area contributed by atoms with Gasteiger partial charge in [0.2, 0.25) is 17.7 Å². The SMILES string of the molecule is CCCCCCN(CCC)C(=O)/C(C)=C/CN(C)C(=O)C(NC(=O)C1CCCCN1C(C)C)C(C)C. The molecular weight excluding hydrogens is 452 g/mol. The van der Waals surface area contributed by atoms with E-state index in [4.69, 9.17) is 0 Å². The Labute approximate surface area is 221 Å². The zero-order valence-electron chi connectivity index (χ0n) is 24.4. The minimum Gasteiger partial charge on any atom is -0.343 e. The average molecular weight is 507 g/mol. The molecule has 7 nitrogen and oxygen atoms in total. The van der Waals surface area contributed by atoms with E-state index in [0.717, 1.165) is 58.2 Å². The van der Waals surface area contributed by atoms with Crippen LogP contribution in [0, 0.1) is 5.92 Å². The normalized spacial score (nSPS) is 17.8. The molecule has 1 aliphatic heterocycles. The first-order chi connectivity index (χ1) is 17.0. The first kappa shape index (κ1) is 32.1. The van der Waals surface area contributed by atoms with E-state index in [1.807, 2.05) is 31.7 Å². The molecule has 1 N–H and O–H groups in total. The molecule has 7 heteroatoms. The monoisotopic (exact) mass is 506 g/mol. The highest BCUT2D eigenvalue weighted by atomic mass is 16.2. The number of nitrogens with zero attached hydrogens (tertiary/aromatic N) is 3.